The van der Waals surface area contributed by atoms with E-state index in [0.29, 0.717) is 18.2 Å². The van der Waals surface area contributed by atoms with E-state index in [4.69, 9.17) is 21.1 Å². The summed E-state index contributed by atoms with van der Waals surface area (Å²) in [5, 5.41) is 4.06. The molecule has 1 aromatic rings. The Morgan fingerprint density at radius 1 is 1.22 bits per heavy atom. The Hall–Kier alpha value is -0.770. The van der Waals surface area contributed by atoms with E-state index >= 15 is 0 Å². The summed E-state index contributed by atoms with van der Waals surface area (Å²) in [6.45, 7) is 8.17. The van der Waals surface area contributed by atoms with Gasteiger partial charge in [0.05, 0.1) is 11.6 Å². The van der Waals surface area contributed by atoms with Crippen LogP contribution in [0.3, 0.4) is 0 Å². The highest BCUT2D eigenvalue weighted by Gasteiger charge is 2.12. The Kier molecular flexibility index (Phi) is 5.93. The smallest absolute Gasteiger partial charge is 0.142 e. The fourth-order valence-electron chi connectivity index (χ4n) is 1.44. The molecule has 0 aliphatic carbocycles. The molecular formula is C14H22ClNO2. The monoisotopic (exact) mass is 271 g/mol. The van der Waals surface area contributed by atoms with Crippen molar-refractivity contribution in [3.05, 3.63) is 28.8 Å². The van der Waals surface area contributed by atoms with E-state index in [1.807, 2.05) is 18.2 Å². The number of halogens is 1. The lowest BCUT2D eigenvalue weighted by Gasteiger charge is -2.22. The molecule has 0 saturated carbocycles. The molecular weight excluding hydrogens is 250 g/mol. The van der Waals surface area contributed by atoms with Crippen LogP contribution in [0.25, 0.3) is 0 Å². The zero-order valence-electron chi connectivity index (χ0n) is 11.5. The molecule has 0 amide bonds. The summed E-state index contributed by atoms with van der Waals surface area (Å²) in [5.41, 5.74) is 1.13. The van der Waals surface area contributed by atoms with Crippen molar-refractivity contribution in [2.24, 2.45) is 0 Å². The van der Waals surface area contributed by atoms with Crippen LogP contribution in [0.15, 0.2) is 18.2 Å². The summed E-state index contributed by atoms with van der Waals surface area (Å²) in [5.74, 6) is 0.743. The van der Waals surface area contributed by atoms with Gasteiger partial charge in [-0.3, -0.25) is 0 Å². The number of nitrogens with one attached hydrogen (secondary N) is 1. The molecule has 0 saturated heterocycles. The van der Waals surface area contributed by atoms with Crippen molar-refractivity contribution in [3.8, 4) is 5.75 Å². The van der Waals surface area contributed by atoms with Crippen molar-refractivity contribution in [1.29, 1.82) is 0 Å². The van der Waals surface area contributed by atoms with Gasteiger partial charge in [-0.1, -0.05) is 23.7 Å². The average molecular weight is 272 g/mol. The van der Waals surface area contributed by atoms with Crippen LogP contribution in [0.5, 0.6) is 5.75 Å². The summed E-state index contributed by atoms with van der Waals surface area (Å²) < 4.78 is 10.7. The first-order valence-corrected chi connectivity index (χ1v) is 6.46. The molecule has 18 heavy (non-hydrogen) atoms. The Balaban J connectivity index is 2.73. The number of ether oxygens (including phenoxy) is 2. The van der Waals surface area contributed by atoms with Gasteiger partial charge in [0.15, 0.2) is 0 Å². The van der Waals surface area contributed by atoms with Crippen molar-refractivity contribution in [2.75, 3.05) is 20.3 Å². The minimum atomic E-state index is 0.0616. The molecule has 1 aromatic carbocycles. The second-order valence-corrected chi connectivity index (χ2v) is 5.58. The molecule has 0 atom stereocenters. The highest BCUT2D eigenvalue weighted by Crippen LogP contribution is 2.28. The van der Waals surface area contributed by atoms with Crippen LogP contribution in [0, 0.1) is 0 Å². The summed E-state index contributed by atoms with van der Waals surface area (Å²) in [6.07, 6.45) is 0. The van der Waals surface area contributed by atoms with Gasteiger partial charge in [-0.25, -0.2) is 0 Å². The van der Waals surface area contributed by atoms with Gasteiger partial charge in [0.25, 0.3) is 0 Å². The van der Waals surface area contributed by atoms with E-state index in [-0.39, 0.29) is 5.54 Å². The Morgan fingerprint density at radius 3 is 2.56 bits per heavy atom. The topological polar surface area (TPSA) is 30.5 Å². The third-order valence-electron chi connectivity index (χ3n) is 2.39. The van der Waals surface area contributed by atoms with Crippen LogP contribution in [-0.4, -0.2) is 25.9 Å². The van der Waals surface area contributed by atoms with Gasteiger partial charge in [0.1, 0.15) is 12.4 Å². The lowest BCUT2D eigenvalue weighted by atomic mass is 10.1. The minimum Gasteiger partial charge on any atom is -0.489 e. The van der Waals surface area contributed by atoms with Crippen LogP contribution < -0.4 is 10.1 Å². The molecule has 0 unspecified atom stereocenters. The number of rotatable bonds is 6. The Bertz CT molecular complexity index is 375. The quantitative estimate of drug-likeness (QED) is 0.806. The maximum Gasteiger partial charge on any atom is 0.142 e. The lowest BCUT2D eigenvalue weighted by Crippen LogP contribution is -2.35. The molecule has 1 N–H and O–H groups in total. The molecule has 0 heterocycles. The van der Waals surface area contributed by atoms with Crippen molar-refractivity contribution in [2.45, 2.75) is 32.9 Å². The fourth-order valence-corrected chi connectivity index (χ4v) is 1.69. The van der Waals surface area contributed by atoms with E-state index in [2.05, 4.69) is 26.1 Å². The number of hydrogen-bond donors (Lipinski definition) is 1. The molecule has 102 valence electrons. The van der Waals surface area contributed by atoms with Gasteiger partial charge in [0.2, 0.25) is 0 Å². The van der Waals surface area contributed by atoms with E-state index in [9.17, 15) is 0 Å². The van der Waals surface area contributed by atoms with Gasteiger partial charge in [-0.05, 0) is 26.8 Å². The largest absolute Gasteiger partial charge is 0.489 e. The normalized spacial score (nSPS) is 11.6. The Labute approximate surface area is 114 Å². The van der Waals surface area contributed by atoms with Gasteiger partial charge in [-0.15, -0.1) is 0 Å². The number of para-hydroxylation sites is 1. The molecule has 3 nitrogen and oxygen atoms in total. The predicted molar refractivity (Wildman–Crippen MR) is 75.4 cm³/mol. The zero-order valence-corrected chi connectivity index (χ0v) is 12.3. The second-order valence-electron chi connectivity index (χ2n) is 5.17. The first-order chi connectivity index (χ1) is 8.44. The standard InChI is InChI=1S/C14H22ClNO2/c1-14(2,3)16-10-11-6-5-7-12(15)13(11)18-9-8-17-4/h5-7,16H,8-10H2,1-4H3. The zero-order chi connectivity index (χ0) is 13.6. The maximum atomic E-state index is 6.16. The first-order valence-electron chi connectivity index (χ1n) is 6.08. The highest BCUT2D eigenvalue weighted by molar-refractivity contribution is 6.32. The molecule has 0 aromatic heterocycles. The van der Waals surface area contributed by atoms with Gasteiger partial charge in [0, 0.05) is 24.8 Å². The summed E-state index contributed by atoms with van der Waals surface area (Å²) in [7, 11) is 1.65. The predicted octanol–water partition coefficient (Wildman–Crippen LogP) is 3.25. The molecule has 0 fully saturated rings. The maximum absolute atomic E-state index is 6.16. The summed E-state index contributed by atoms with van der Waals surface area (Å²) >= 11 is 6.16. The fraction of sp³-hybridized carbons (Fsp3) is 0.571. The van der Waals surface area contributed by atoms with Crippen LogP contribution >= 0.6 is 11.6 Å². The first kappa shape index (κ1) is 15.3. The summed E-state index contributed by atoms with van der Waals surface area (Å²) in [4.78, 5) is 0. The van der Waals surface area contributed by atoms with Crippen molar-refractivity contribution in [1.82, 2.24) is 5.32 Å². The molecule has 1 rings (SSSR count). The summed E-state index contributed by atoms with van der Waals surface area (Å²) in [6, 6.07) is 5.79. The molecule has 0 bridgehead atoms. The highest BCUT2D eigenvalue weighted by atomic mass is 35.5. The third kappa shape index (κ3) is 5.25. The van der Waals surface area contributed by atoms with Gasteiger partial charge >= 0.3 is 0 Å². The third-order valence-corrected chi connectivity index (χ3v) is 2.69. The van der Waals surface area contributed by atoms with Gasteiger partial charge < -0.3 is 14.8 Å². The van der Waals surface area contributed by atoms with Crippen LogP contribution in [0.4, 0.5) is 0 Å². The van der Waals surface area contributed by atoms with Crippen molar-refractivity contribution in [3.63, 3.8) is 0 Å². The van der Waals surface area contributed by atoms with E-state index in [1.165, 1.54) is 0 Å². The van der Waals surface area contributed by atoms with Crippen molar-refractivity contribution >= 4 is 11.6 Å². The lowest BCUT2D eigenvalue weighted by molar-refractivity contribution is 0.145. The average Bonchev–Trinajstić information content (AvgIpc) is 2.28. The van der Waals surface area contributed by atoms with E-state index < -0.39 is 0 Å². The van der Waals surface area contributed by atoms with Crippen LogP contribution in [0.2, 0.25) is 5.02 Å². The molecule has 0 aliphatic heterocycles. The molecule has 0 spiro atoms. The molecule has 0 radical (unpaired) electrons. The van der Waals surface area contributed by atoms with Crippen LogP contribution in [-0.2, 0) is 11.3 Å². The molecule has 0 aliphatic rings. The van der Waals surface area contributed by atoms with Gasteiger partial charge in [-0.2, -0.15) is 0 Å². The Morgan fingerprint density at radius 2 is 1.94 bits per heavy atom. The number of benzene rings is 1. The number of methoxy groups -OCH3 is 1. The second kappa shape index (κ2) is 6.98. The van der Waals surface area contributed by atoms with Crippen LogP contribution in [0.1, 0.15) is 26.3 Å². The van der Waals surface area contributed by atoms with E-state index in [1.54, 1.807) is 7.11 Å². The molecule has 4 heteroatoms. The van der Waals surface area contributed by atoms with E-state index in [0.717, 1.165) is 17.9 Å². The van der Waals surface area contributed by atoms with Crippen molar-refractivity contribution < 1.29 is 9.47 Å². The SMILES string of the molecule is COCCOc1c(Cl)cccc1CNC(C)(C)C. The number of hydrogen-bond acceptors (Lipinski definition) is 3. The minimum absolute atomic E-state index is 0.0616.